The highest BCUT2D eigenvalue weighted by Gasteiger charge is 2.23. The highest BCUT2D eigenvalue weighted by atomic mass is 16.5. The molecule has 0 spiro atoms. The molecule has 4 rings (SSSR count). The Morgan fingerprint density at radius 1 is 1.15 bits per heavy atom. The molecule has 0 bridgehead atoms. The van der Waals surface area contributed by atoms with E-state index in [1.807, 2.05) is 46.0 Å². The number of hydrogen-bond acceptors (Lipinski definition) is 6. The molecule has 1 fully saturated rings. The predicted molar refractivity (Wildman–Crippen MR) is 98.6 cm³/mol. The third kappa shape index (κ3) is 4.06. The molecule has 0 atom stereocenters. The quantitative estimate of drug-likeness (QED) is 0.682. The Labute approximate surface area is 157 Å². The molecular weight excluding hydrogens is 344 g/mol. The molecule has 0 saturated carbocycles. The number of piperazine rings is 1. The van der Waals surface area contributed by atoms with Crippen molar-refractivity contribution >= 4 is 5.91 Å². The zero-order valence-corrected chi connectivity index (χ0v) is 15.3. The van der Waals surface area contributed by atoms with Crippen molar-refractivity contribution in [3.63, 3.8) is 0 Å². The van der Waals surface area contributed by atoms with E-state index in [1.165, 1.54) is 0 Å². The van der Waals surface area contributed by atoms with E-state index in [9.17, 15) is 4.79 Å². The number of aryl methyl sites for hydroxylation is 1. The van der Waals surface area contributed by atoms with Gasteiger partial charge in [0.15, 0.2) is 5.82 Å². The topological polar surface area (TPSA) is 80.3 Å². The van der Waals surface area contributed by atoms with Crippen LogP contribution in [0.15, 0.2) is 47.2 Å². The standard InChI is InChI=1S/C19H22N6O2/c1-15-21-17(22-27-15)13-23-9-11-24(12-10-23)18(26)14-25-8-7-20-19(25)16-5-3-2-4-6-16/h2-8H,9-14H2,1H3. The van der Waals surface area contributed by atoms with Crippen LogP contribution in [0.2, 0.25) is 0 Å². The lowest BCUT2D eigenvalue weighted by Crippen LogP contribution is -2.49. The zero-order valence-electron chi connectivity index (χ0n) is 15.3. The lowest BCUT2D eigenvalue weighted by atomic mass is 10.2. The summed E-state index contributed by atoms with van der Waals surface area (Å²) in [6.07, 6.45) is 3.59. The summed E-state index contributed by atoms with van der Waals surface area (Å²) in [6.45, 7) is 5.74. The fourth-order valence-electron chi connectivity index (χ4n) is 3.29. The number of nitrogens with zero attached hydrogens (tertiary/aromatic N) is 6. The van der Waals surface area contributed by atoms with Gasteiger partial charge in [-0.15, -0.1) is 0 Å². The number of aromatic nitrogens is 4. The Morgan fingerprint density at radius 2 is 1.93 bits per heavy atom. The lowest BCUT2D eigenvalue weighted by molar-refractivity contribution is -0.133. The molecule has 1 aliphatic rings. The molecule has 140 valence electrons. The van der Waals surface area contributed by atoms with Crippen molar-refractivity contribution in [2.24, 2.45) is 0 Å². The van der Waals surface area contributed by atoms with Crippen molar-refractivity contribution in [1.29, 1.82) is 0 Å². The number of hydrogen-bond donors (Lipinski definition) is 0. The lowest BCUT2D eigenvalue weighted by Gasteiger charge is -2.34. The molecule has 0 aliphatic carbocycles. The molecule has 0 radical (unpaired) electrons. The van der Waals surface area contributed by atoms with Crippen LogP contribution in [-0.4, -0.2) is 61.6 Å². The normalized spacial score (nSPS) is 15.2. The maximum Gasteiger partial charge on any atom is 0.242 e. The van der Waals surface area contributed by atoms with Crippen LogP contribution in [0, 0.1) is 6.92 Å². The fourth-order valence-corrected chi connectivity index (χ4v) is 3.29. The smallest absolute Gasteiger partial charge is 0.242 e. The molecule has 8 heteroatoms. The van der Waals surface area contributed by atoms with E-state index in [-0.39, 0.29) is 5.91 Å². The van der Waals surface area contributed by atoms with Gasteiger partial charge in [0.1, 0.15) is 12.4 Å². The molecule has 1 aliphatic heterocycles. The first-order valence-corrected chi connectivity index (χ1v) is 9.05. The SMILES string of the molecule is Cc1nc(CN2CCN(C(=O)Cn3ccnc3-c3ccccc3)CC2)no1. The van der Waals surface area contributed by atoms with Crippen LogP contribution in [-0.2, 0) is 17.9 Å². The van der Waals surface area contributed by atoms with Gasteiger partial charge in [-0.2, -0.15) is 4.98 Å². The second-order valence-corrected chi connectivity index (χ2v) is 6.63. The van der Waals surface area contributed by atoms with Crippen LogP contribution < -0.4 is 0 Å². The Kier molecular flexibility index (Phi) is 4.97. The van der Waals surface area contributed by atoms with Gasteiger partial charge in [0.25, 0.3) is 0 Å². The number of carbonyl (C=O) groups is 1. The molecule has 1 saturated heterocycles. The van der Waals surface area contributed by atoms with Gasteiger partial charge in [-0.05, 0) is 0 Å². The number of carbonyl (C=O) groups excluding carboxylic acids is 1. The monoisotopic (exact) mass is 366 g/mol. The van der Waals surface area contributed by atoms with Crippen molar-refractivity contribution in [3.8, 4) is 11.4 Å². The van der Waals surface area contributed by atoms with Gasteiger partial charge in [-0.25, -0.2) is 4.98 Å². The number of amides is 1. The summed E-state index contributed by atoms with van der Waals surface area (Å²) >= 11 is 0. The number of imidazole rings is 1. The summed E-state index contributed by atoms with van der Waals surface area (Å²) in [4.78, 5) is 25.5. The first kappa shape index (κ1) is 17.4. The maximum absolute atomic E-state index is 12.7. The van der Waals surface area contributed by atoms with E-state index >= 15 is 0 Å². The van der Waals surface area contributed by atoms with Gasteiger partial charge >= 0.3 is 0 Å². The molecular formula is C19H22N6O2. The van der Waals surface area contributed by atoms with Crippen LogP contribution >= 0.6 is 0 Å². The van der Waals surface area contributed by atoms with Crippen molar-refractivity contribution in [1.82, 2.24) is 29.5 Å². The van der Waals surface area contributed by atoms with E-state index < -0.39 is 0 Å². The predicted octanol–water partition coefficient (Wildman–Crippen LogP) is 1.59. The summed E-state index contributed by atoms with van der Waals surface area (Å²) < 4.78 is 6.92. The number of rotatable bonds is 5. The largest absolute Gasteiger partial charge is 0.340 e. The Hall–Kier alpha value is -3.00. The molecule has 2 aromatic heterocycles. The summed E-state index contributed by atoms with van der Waals surface area (Å²) in [6, 6.07) is 9.92. The molecule has 1 aromatic carbocycles. The molecule has 0 unspecified atom stereocenters. The molecule has 3 heterocycles. The third-order valence-electron chi connectivity index (χ3n) is 4.71. The number of benzene rings is 1. The van der Waals surface area contributed by atoms with E-state index in [1.54, 1.807) is 13.1 Å². The van der Waals surface area contributed by atoms with E-state index in [0.717, 1.165) is 24.5 Å². The van der Waals surface area contributed by atoms with Crippen LogP contribution in [0.5, 0.6) is 0 Å². The first-order valence-electron chi connectivity index (χ1n) is 9.05. The minimum absolute atomic E-state index is 0.111. The second-order valence-electron chi connectivity index (χ2n) is 6.63. The molecule has 27 heavy (non-hydrogen) atoms. The highest BCUT2D eigenvalue weighted by molar-refractivity contribution is 5.77. The summed E-state index contributed by atoms with van der Waals surface area (Å²) in [5, 5.41) is 3.93. The minimum atomic E-state index is 0.111. The summed E-state index contributed by atoms with van der Waals surface area (Å²) in [7, 11) is 0. The van der Waals surface area contributed by atoms with Gasteiger partial charge in [0.05, 0.1) is 6.54 Å². The second kappa shape index (κ2) is 7.71. The van der Waals surface area contributed by atoms with Crippen molar-refractivity contribution < 1.29 is 9.32 Å². The Morgan fingerprint density at radius 3 is 2.63 bits per heavy atom. The van der Waals surface area contributed by atoms with Crippen molar-refractivity contribution in [2.45, 2.75) is 20.0 Å². The average molecular weight is 366 g/mol. The van der Waals surface area contributed by atoms with Crippen LogP contribution in [0.3, 0.4) is 0 Å². The third-order valence-corrected chi connectivity index (χ3v) is 4.71. The average Bonchev–Trinajstić information content (AvgIpc) is 3.32. The molecule has 1 amide bonds. The van der Waals surface area contributed by atoms with Gasteiger partial charge in [0, 0.05) is 51.1 Å². The Bertz CT molecular complexity index is 896. The van der Waals surface area contributed by atoms with Crippen molar-refractivity contribution in [2.75, 3.05) is 26.2 Å². The highest BCUT2D eigenvalue weighted by Crippen LogP contribution is 2.17. The first-order chi connectivity index (χ1) is 13.2. The van der Waals surface area contributed by atoms with E-state index in [4.69, 9.17) is 4.52 Å². The zero-order chi connectivity index (χ0) is 18.6. The van der Waals surface area contributed by atoms with Crippen molar-refractivity contribution in [3.05, 3.63) is 54.4 Å². The minimum Gasteiger partial charge on any atom is -0.340 e. The van der Waals surface area contributed by atoms with Crippen LogP contribution in [0.25, 0.3) is 11.4 Å². The fraction of sp³-hybridized carbons (Fsp3) is 0.368. The van der Waals surface area contributed by atoms with Gasteiger partial charge in [-0.1, -0.05) is 35.5 Å². The van der Waals surface area contributed by atoms with Crippen LogP contribution in [0.1, 0.15) is 11.7 Å². The molecule has 0 N–H and O–H groups in total. The maximum atomic E-state index is 12.7. The van der Waals surface area contributed by atoms with Gasteiger partial charge in [0.2, 0.25) is 11.8 Å². The van der Waals surface area contributed by atoms with Gasteiger partial charge in [-0.3, -0.25) is 9.69 Å². The molecule has 8 nitrogen and oxygen atoms in total. The Balaban J connectivity index is 1.33. The summed E-state index contributed by atoms with van der Waals surface area (Å²) in [5.41, 5.74) is 1.01. The van der Waals surface area contributed by atoms with E-state index in [2.05, 4.69) is 20.0 Å². The van der Waals surface area contributed by atoms with Crippen LogP contribution in [0.4, 0.5) is 0 Å². The molecule has 3 aromatic rings. The van der Waals surface area contributed by atoms with E-state index in [0.29, 0.717) is 37.9 Å². The summed E-state index contributed by atoms with van der Waals surface area (Å²) in [5.74, 6) is 2.20. The van der Waals surface area contributed by atoms with Gasteiger partial charge < -0.3 is 14.0 Å².